The molecule has 1 aliphatic rings. The Morgan fingerprint density at radius 2 is 1.84 bits per heavy atom. The van der Waals surface area contributed by atoms with E-state index >= 15 is 0 Å². The minimum atomic E-state index is 0.888. The van der Waals surface area contributed by atoms with Gasteiger partial charge in [0.1, 0.15) is 0 Å². The van der Waals surface area contributed by atoms with Gasteiger partial charge in [0.15, 0.2) is 0 Å². The van der Waals surface area contributed by atoms with Gasteiger partial charge in [-0.2, -0.15) is 0 Å². The van der Waals surface area contributed by atoms with Crippen molar-refractivity contribution in [3.63, 3.8) is 0 Å². The zero-order valence-electron chi connectivity index (χ0n) is 13.8. The zero-order chi connectivity index (χ0) is 14.5. The average molecular weight is 265 g/mol. The maximum Gasteiger partial charge on any atom is 0.0296 e. The molecule has 1 atom stereocenters. The molecule has 1 rings (SSSR count). The molecule has 0 radical (unpaired) electrons. The summed E-state index contributed by atoms with van der Waals surface area (Å²) < 4.78 is 0. The first kappa shape index (κ1) is 18.3. The molecular weight excluding hydrogens is 230 g/mol. The minimum Gasteiger partial charge on any atom is -0.385 e. The summed E-state index contributed by atoms with van der Waals surface area (Å²) in [5.74, 6) is 1.83. The summed E-state index contributed by atoms with van der Waals surface area (Å²) in [5.41, 5.74) is 1.30. The Morgan fingerprint density at radius 3 is 2.32 bits per heavy atom. The fourth-order valence-electron chi connectivity index (χ4n) is 1.84. The van der Waals surface area contributed by atoms with Gasteiger partial charge in [-0.05, 0) is 37.2 Å². The van der Waals surface area contributed by atoms with Crippen molar-refractivity contribution in [2.24, 2.45) is 11.8 Å². The molecule has 1 N–H and O–H groups in total. The fraction of sp³-hybridized carbons (Fsp3) is 0.778. The normalized spacial score (nSPS) is 15.6. The highest BCUT2D eigenvalue weighted by atomic mass is 14.9. The van der Waals surface area contributed by atoms with Gasteiger partial charge in [0.25, 0.3) is 0 Å². The lowest BCUT2D eigenvalue weighted by molar-refractivity contribution is 0.441. The quantitative estimate of drug-likeness (QED) is 0.623. The van der Waals surface area contributed by atoms with Crippen LogP contribution in [-0.4, -0.2) is 6.54 Å². The number of hydrogen-bond donors (Lipinski definition) is 1. The van der Waals surface area contributed by atoms with E-state index in [9.17, 15) is 0 Å². The molecule has 0 aromatic heterocycles. The van der Waals surface area contributed by atoms with Crippen molar-refractivity contribution >= 4 is 0 Å². The lowest BCUT2D eigenvalue weighted by Gasteiger charge is -2.09. The van der Waals surface area contributed by atoms with Crippen LogP contribution in [0.5, 0.6) is 0 Å². The zero-order valence-corrected chi connectivity index (χ0v) is 13.8. The molecule has 1 heteroatoms. The highest BCUT2D eigenvalue weighted by Crippen LogP contribution is 2.13. The Labute approximate surface area is 121 Å². The second-order valence-corrected chi connectivity index (χ2v) is 6.05. The van der Waals surface area contributed by atoms with Crippen LogP contribution in [0.2, 0.25) is 0 Å². The molecule has 0 aromatic rings. The van der Waals surface area contributed by atoms with Gasteiger partial charge < -0.3 is 5.32 Å². The van der Waals surface area contributed by atoms with Crippen LogP contribution in [0.3, 0.4) is 0 Å². The highest BCUT2D eigenvalue weighted by Gasteiger charge is 1.99. The second-order valence-electron chi connectivity index (χ2n) is 6.05. The first-order valence-corrected chi connectivity index (χ1v) is 8.20. The summed E-state index contributed by atoms with van der Waals surface area (Å²) in [6.45, 7) is 12.5. The van der Waals surface area contributed by atoms with E-state index in [1.54, 1.807) is 0 Å². The van der Waals surface area contributed by atoms with E-state index < -0.39 is 0 Å². The van der Waals surface area contributed by atoms with E-state index in [-0.39, 0.29) is 0 Å². The third-order valence-electron chi connectivity index (χ3n) is 3.51. The predicted molar refractivity (Wildman–Crippen MR) is 88.3 cm³/mol. The van der Waals surface area contributed by atoms with Crippen LogP contribution < -0.4 is 5.32 Å². The molecule has 1 aliphatic carbocycles. The predicted octanol–water partition coefficient (Wildman–Crippen LogP) is 5.69. The molecule has 0 aliphatic heterocycles. The van der Waals surface area contributed by atoms with Crippen molar-refractivity contribution in [1.29, 1.82) is 0 Å². The van der Waals surface area contributed by atoms with Crippen molar-refractivity contribution in [3.8, 4) is 0 Å². The molecule has 1 nitrogen and oxygen atoms in total. The number of hydrogen-bond acceptors (Lipinski definition) is 1. The molecule has 0 heterocycles. The van der Waals surface area contributed by atoms with Crippen molar-refractivity contribution in [2.75, 3.05) is 6.54 Å². The fourth-order valence-corrected chi connectivity index (χ4v) is 1.84. The summed E-state index contributed by atoms with van der Waals surface area (Å²) in [4.78, 5) is 0. The first-order valence-electron chi connectivity index (χ1n) is 8.20. The largest absolute Gasteiger partial charge is 0.385 e. The lowest BCUT2D eigenvalue weighted by atomic mass is 9.98. The molecule has 0 aromatic carbocycles. The molecule has 0 fully saturated rings. The summed E-state index contributed by atoms with van der Waals surface area (Å²) in [6, 6.07) is 0. The highest BCUT2D eigenvalue weighted by molar-refractivity contribution is 5.19. The maximum absolute atomic E-state index is 3.35. The first-order chi connectivity index (χ1) is 9.10. The summed E-state index contributed by atoms with van der Waals surface area (Å²) in [5, 5.41) is 3.35. The number of nitrogens with one attached hydrogen (secondary N) is 1. The monoisotopic (exact) mass is 265 g/mol. The molecule has 112 valence electrons. The van der Waals surface area contributed by atoms with Crippen molar-refractivity contribution in [2.45, 2.75) is 73.1 Å². The summed E-state index contributed by atoms with van der Waals surface area (Å²) in [7, 11) is 0. The van der Waals surface area contributed by atoms with Gasteiger partial charge in [-0.15, -0.1) is 0 Å². The molecule has 0 saturated carbocycles. The van der Waals surface area contributed by atoms with Crippen LogP contribution in [0.25, 0.3) is 0 Å². The Balaban J connectivity index is 0.000000344. The summed E-state index contributed by atoms with van der Waals surface area (Å²) >= 11 is 0. The molecule has 0 bridgehead atoms. The van der Waals surface area contributed by atoms with E-state index in [1.807, 2.05) is 0 Å². The van der Waals surface area contributed by atoms with Crippen LogP contribution in [-0.2, 0) is 0 Å². The van der Waals surface area contributed by atoms with Crippen LogP contribution in [0, 0.1) is 11.8 Å². The number of allylic oxidation sites excluding steroid dienone is 3. The molecule has 0 spiro atoms. The van der Waals surface area contributed by atoms with Gasteiger partial charge in [-0.25, -0.2) is 0 Å². The van der Waals surface area contributed by atoms with Crippen molar-refractivity contribution in [3.05, 3.63) is 23.9 Å². The van der Waals surface area contributed by atoms with E-state index in [2.05, 4.69) is 58.2 Å². The Morgan fingerprint density at radius 1 is 1.11 bits per heavy atom. The second kappa shape index (κ2) is 12.3. The maximum atomic E-state index is 3.35. The van der Waals surface area contributed by atoms with E-state index in [0.29, 0.717) is 0 Å². The van der Waals surface area contributed by atoms with Crippen molar-refractivity contribution in [1.82, 2.24) is 5.32 Å². The minimum absolute atomic E-state index is 0.888. The number of rotatable bonds is 7. The van der Waals surface area contributed by atoms with Crippen molar-refractivity contribution < 1.29 is 0 Å². The Bertz CT molecular complexity index is 250. The molecule has 0 saturated heterocycles. The smallest absolute Gasteiger partial charge is 0.0296 e. The average Bonchev–Trinajstić information content (AvgIpc) is 2.44. The lowest BCUT2D eigenvalue weighted by Crippen LogP contribution is -2.13. The molecule has 19 heavy (non-hydrogen) atoms. The third-order valence-corrected chi connectivity index (χ3v) is 3.51. The van der Waals surface area contributed by atoms with Gasteiger partial charge in [-0.1, -0.05) is 66.0 Å². The van der Waals surface area contributed by atoms with Gasteiger partial charge in [0.2, 0.25) is 0 Å². The third kappa shape index (κ3) is 12.1. The molecule has 0 unspecified atom stereocenters. The Hall–Kier alpha value is -0.720. The van der Waals surface area contributed by atoms with Gasteiger partial charge in [0, 0.05) is 12.2 Å². The van der Waals surface area contributed by atoms with Crippen LogP contribution in [0.15, 0.2) is 23.9 Å². The van der Waals surface area contributed by atoms with E-state index in [1.165, 1.54) is 44.2 Å². The van der Waals surface area contributed by atoms with Gasteiger partial charge in [0.05, 0.1) is 0 Å². The molecule has 0 amide bonds. The van der Waals surface area contributed by atoms with Gasteiger partial charge in [-0.3, -0.25) is 0 Å². The van der Waals surface area contributed by atoms with Crippen LogP contribution in [0.4, 0.5) is 0 Å². The topological polar surface area (TPSA) is 12.0 Å². The Kier molecular flexibility index (Phi) is 11.9. The van der Waals surface area contributed by atoms with Crippen LogP contribution >= 0.6 is 0 Å². The van der Waals surface area contributed by atoms with Crippen LogP contribution in [0.1, 0.15) is 73.1 Å². The van der Waals surface area contributed by atoms with Gasteiger partial charge >= 0.3 is 0 Å². The van der Waals surface area contributed by atoms with E-state index in [0.717, 1.165) is 18.4 Å². The summed E-state index contributed by atoms with van der Waals surface area (Å²) in [6.07, 6.45) is 14.4. The molecular formula is C18H35N. The standard InChI is InChI=1S/C9H15N.C9H20/c1-2-8-10-9-6-4-3-5-7-9;1-5-9(4)7-6-8(2)3/h4,6-7,10H,2-3,5,8H2,1H3;8-9H,5-7H2,1-4H3/t;9-/m.0/s1. The van der Waals surface area contributed by atoms with E-state index in [4.69, 9.17) is 0 Å². The SMILES string of the molecule is CCCNC1=CCCC=C1.CC[C@H](C)CCC(C)C.